The minimum atomic E-state index is -0.584. The fraction of sp³-hybridized carbons (Fsp3) is 0.0870. The Morgan fingerprint density at radius 2 is 1.81 bits per heavy atom. The number of rotatable bonds is 4. The van der Waals surface area contributed by atoms with E-state index in [0.717, 1.165) is 12.0 Å². The summed E-state index contributed by atoms with van der Waals surface area (Å²) in [5.41, 5.74) is 2.26. The summed E-state index contributed by atoms with van der Waals surface area (Å²) in [5, 5.41) is 3.53. The lowest BCUT2D eigenvalue weighted by molar-refractivity contribution is -0.122. The van der Waals surface area contributed by atoms with Gasteiger partial charge in [0.2, 0.25) is 0 Å². The molecule has 2 aromatic carbocycles. The highest BCUT2D eigenvalue weighted by atomic mass is 35.5. The van der Waals surface area contributed by atoms with Gasteiger partial charge in [-0.15, -0.1) is 0 Å². The van der Waals surface area contributed by atoms with Crippen molar-refractivity contribution in [1.82, 2.24) is 5.32 Å². The average Bonchev–Trinajstić information content (AvgIpc) is 3.20. The molecule has 4 rings (SSSR count). The van der Waals surface area contributed by atoms with Crippen LogP contribution in [0.1, 0.15) is 18.2 Å². The molecule has 0 saturated carbocycles. The molecule has 1 aromatic heterocycles. The molecule has 156 valence electrons. The van der Waals surface area contributed by atoms with Crippen molar-refractivity contribution in [1.29, 1.82) is 0 Å². The van der Waals surface area contributed by atoms with E-state index in [4.69, 9.17) is 39.8 Å². The summed E-state index contributed by atoms with van der Waals surface area (Å²) in [6, 6.07) is 15.8. The fourth-order valence-corrected chi connectivity index (χ4v) is 3.96. The van der Waals surface area contributed by atoms with Gasteiger partial charge in [0, 0.05) is 10.6 Å². The van der Waals surface area contributed by atoms with Crippen LogP contribution in [-0.2, 0) is 16.0 Å². The minimum Gasteiger partial charge on any atom is -0.457 e. The van der Waals surface area contributed by atoms with Gasteiger partial charge in [0.25, 0.3) is 11.8 Å². The van der Waals surface area contributed by atoms with Crippen LogP contribution in [0.4, 0.5) is 5.69 Å². The molecular formula is C23H16Cl2N2O3S. The van der Waals surface area contributed by atoms with Gasteiger partial charge in [0.1, 0.15) is 17.1 Å². The highest BCUT2D eigenvalue weighted by Gasteiger charge is 2.34. The number of carbonyl (C=O) groups excluding carboxylic acids is 2. The van der Waals surface area contributed by atoms with Crippen molar-refractivity contribution in [2.45, 2.75) is 13.3 Å². The van der Waals surface area contributed by atoms with Gasteiger partial charge in [-0.25, -0.2) is 0 Å². The lowest BCUT2D eigenvalue weighted by Gasteiger charge is -2.28. The molecule has 0 aliphatic carbocycles. The number of furan rings is 1. The van der Waals surface area contributed by atoms with E-state index in [2.05, 4.69) is 5.32 Å². The van der Waals surface area contributed by atoms with Crippen LogP contribution in [0.3, 0.4) is 0 Å². The van der Waals surface area contributed by atoms with Gasteiger partial charge in [-0.3, -0.25) is 19.8 Å². The molecule has 0 atom stereocenters. The average molecular weight is 471 g/mol. The number of carbonyl (C=O) groups is 2. The monoisotopic (exact) mass is 470 g/mol. The molecule has 0 bridgehead atoms. The second-order valence-electron chi connectivity index (χ2n) is 6.80. The summed E-state index contributed by atoms with van der Waals surface area (Å²) < 4.78 is 5.80. The summed E-state index contributed by atoms with van der Waals surface area (Å²) in [5.74, 6) is -0.298. The van der Waals surface area contributed by atoms with E-state index in [-0.39, 0.29) is 10.7 Å². The molecule has 1 N–H and O–H groups in total. The largest absolute Gasteiger partial charge is 0.457 e. The Balaban J connectivity index is 1.66. The maximum absolute atomic E-state index is 13.1. The summed E-state index contributed by atoms with van der Waals surface area (Å²) in [6.07, 6.45) is 2.26. The van der Waals surface area contributed by atoms with Gasteiger partial charge in [0.15, 0.2) is 5.11 Å². The molecule has 1 aliphatic heterocycles. The number of hydrogen-bond acceptors (Lipinski definition) is 4. The highest BCUT2D eigenvalue weighted by Crippen LogP contribution is 2.32. The number of anilines is 1. The molecule has 1 fully saturated rings. The van der Waals surface area contributed by atoms with Gasteiger partial charge in [0.05, 0.1) is 10.7 Å². The van der Waals surface area contributed by atoms with Crippen molar-refractivity contribution in [2.75, 3.05) is 4.90 Å². The van der Waals surface area contributed by atoms with Gasteiger partial charge >= 0.3 is 0 Å². The predicted molar refractivity (Wildman–Crippen MR) is 126 cm³/mol. The van der Waals surface area contributed by atoms with Gasteiger partial charge in [-0.1, -0.05) is 42.3 Å². The molecular weight excluding hydrogens is 455 g/mol. The first kappa shape index (κ1) is 21.3. The van der Waals surface area contributed by atoms with E-state index in [1.807, 2.05) is 19.1 Å². The van der Waals surface area contributed by atoms with Crippen molar-refractivity contribution in [2.24, 2.45) is 0 Å². The standard InChI is InChI=1S/C23H16Cl2N2O3S/c1-2-13-3-6-15(7-4-13)27-22(29)18(21(28)26-23(27)31)12-16-8-10-20(30-16)17-9-5-14(24)11-19(17)25/h3-12H,2H2,1H3,(H,26,28,31)/b18-12-. The predicted octanol–water partition coefficient (Wildman–Crippen LogP) is 5.65. The van der Waals surface area contributed by atoms with Gasteiger partial charge in [-0.2, -0.15) is 0 Å². The Hall–Kier alpha value is -2.93. The number of nitrogens with one attached hydrogen (secondary N) is 1. The number of benzene rings is 2. The van der Waals surface area contributed by atoms with Crippen LogP contribution in [0, 0.1) is 0 Å². The lowest BCUT2D eigenvalue weighted by atomic mass is 10.1. The van der Waals surface area contributed by atoms with E-state index in [0.29, 0.717) is 32.8 Å². The normalized spacial score (nSPS) is 15.5. The Morgan fingerprint density at radius 3 is 2.48 bits per heavy atom. The summed E-state index contributed by atoms with van der Waals surface area (Å²) in [4.78, 5) is 26.9. The first-order valence-electron chi connectivity index (χ1n) is 9.43. The van der Waals surface area contributed by atoms with Crippen molar-refractivity contribution in [3.63, 3.8) is 0 Å². The fourth-order valence-electron chi connectivity index (χ4n) is 3.18. The molecule has 3 aromatic rings. The molecule has 0 radical (unpaired) electrons. The van der Waals surface area contributed by atoms with Crippen LogP contribution >= 0.6 is 35.4 Å². The number of hydrogen-bond donors (Lipinski definition) is 1. The van der Waals surface area contributed by atoms with Crippen molar-refractivity contribution in [3.05, 3.63) is 81.5 Å². The maximum Gasteiger partial charge on any atom is 0.270 e. The highest BCUT2D eigenvalue weighted by molar-refractivity contribution is 7.80. The second kappa shape index (κ2) is 8.67. The Labute approximate surface area is 194 Å². The SMILES string of the molecule is CCc1ccc(N2C(=O)/C(=C\c3ccc(-c4ccc(Cl)cc4Cl)o3)C(=O)NC2=S)cc1. The van der Waals surface area contributed by atoms with Gasteiger partial charge < -0.3 is 4.42 Å². The van der Waals surface area contributed by atoms with E-state index in [9.17, 15) is 9.59 Å². The van der Waals surface area contributed by atoms with Crippen molar-refractivity contribution >= 4 is 64.1 Å². The third-order valence-corrected chi connectivity index (χ3v) is 5.65. The topological polar surface area (TPSA) is 62.6 Å². The van der Waals surface area contributed by atoms with Crippen molar-refractivity contribution < 1.29 is 14.0 Å². The van der Waals surface area contributed by atoms with E-state index in [1.165, 1.54) is 11.0 Å². The van der Waals surface area contributed by atoms with Crippen LogP contribution in [0.2, 0.25) is 10.0 Å². The smallest absolute Gasteiger partial charge is 0.270 e. The summed E-state index contributed by atoms with van der Waals surface area (Å²) in [6.45, 7) is 2.04. The molecule has 8 heteroatoms. The van der Waals surface area contributed by atoms with Crippen molar-refractivity contribution in [3.8, 4) is 11.3 Å². The third-order valence-electron chi connectivity index (χ3n) is 4.81. The first-order valence-corrected chi connectivity index (χ1v) is 10.6. The quantitative estimate of drug-likeness (QED) is 0.304. The van der Waals surface area contributed by atoms with Gasteiger partial charge in [-0.05, 0) is 72.7 Å². The Bertz CT molecular complexity index is 1230. The van der Waals surface area contributed by atoms with Crippen LogP contribution < -0.4 is 10.2 Å². The number of nitrogens with zero attached hydrogens (tertiary/aromatic N) is 1. The summed E-state index contributed by atoms with van der Waals surface area (Å²) >= 11 is 17.4. The number of thiocarbonyl (C=S) groups is 1. The molecule has 0 spiro atoms. The lowest BCUT2D eigenvalue weighted by Crippen LogP contribution is -2.54. The zero-order valence-electron chi connectivity index (χ0n) is 16.3. The number of aryl methyl sites for hydroxylation is 1. The zero-order chi connectivity index (χ0) is 22.1. The molecule has 1 aliphatic rings. The Morgan fingerprint density at radius 1 is 1.06 bits per heavy atom. The van der Waals surface area contributed by atoms with E-state index < -0.39 is 11.8 Å². The molecule has 5 nitrogen and oxygen atoms in total. The minimum absolute atomic E-state index is 0.0319. The van der Waals surface area contributed by atoms with E-state index >= 15 is 0 Å². The maximum atomic E-state index is 13.1. The first-order chi connectivity index (χ1) is 14.9. The van der Waals surface area contributed by atoms with Crippen LogP contribution in [0.5, 0.6) is 0 Å². The molecule has 31 heavy (non-hydrogen) atoms. The number of halogens is 2. The zero-order valence-corrected chi connectivity index (χ0v) is 18.6. The summed E-state index contributed by atoms with van der Waals surface area (Å²) in [7, 11) is 0. The van der Waals surface area contributed by atoms with Crippen LogP contribution in [0.25, 0.3) is 17.4 Å². The van der Waals surface area contributed by atoms with E-state index in [1.54, 1.807) is 42.5 Å². The number of amides is 2. The van der Waals surface area contributed by atoms with Crippen LogP contribution in [0.15, 0.2) is 64.6 Å². The third kappa shape index (κ3) is 4.28. The molecule has 2 heterocycles. The molecule has 2 amide bonds. The Kier molecular flexibility index (Phi) is 5.96. The second-order valence-corrected chi connectivity index (χ2v) is 8.03. The van der Waals surface area contributed by atoms with Crippen LogP contribution in [-0.4, -0.2) is 16.9 Å². The molecule has 1 saturated heterocycles. The molecule has 0 unspecified atom stereocenters.